The number of urea groups is 1. The normalized spacial score (nSPS) is 13.4. The van der Waals surface area contributed by atoms with E-state index >= 15 is 0 Å². The summed E-state index contributed by atoms with van der Waals surface area (Å²) in [6.45, 7) is 3.38. The molecular formula is C25H22F3N5O2. The summed E-state index contributed by atoms with van der Waals surface area (Å²) < 4.78 is 44.5. The number of aromatic nitrogens is 1. The monoisotopic (exact) mass is 481 g/mol. The van der Waals surface area contributed by atoms with E-state index in [4.69, 9.17) is 10.00 Å². The minimum atomic E-state index is -4.60. The second-order valence-electron chi connectivity index (χ2n) is 7.89. The van der Waals surface area contributed by atoms with E-state index in [1.165, 1.54) is 6.07 Å². The Kier molecular flexibility index (Phi) is 7.17. The van der Waals surface area contributed by atoms with Crippen molar-refractivity contribution in [2.45, 2.75) is 12.7 Å². The Morgan fingerprint density at radius 2 is 1.89 bits per heavy atom. The van der Waals surface area contributed by atoms with E-state index in [2.05, 4.69) is 15.6 Å². The SMILES string of the molecule is N#Cc1cc(Oc2ccc(-c3ccc(CNCCN4CCNC4=O)cn3)cc2)ccc1C(F)(F)F. The van der Waals surface area contributed by atoms with Crippen molar-refractivity contribution in [2.75, 3.05) is 26.2 Å². The van der Waals surface area contributed by atoms with Crippen LogP contribution in [0.25, 0.3) is 11.3 Å². The predicted molar refractivity (Wildman–Crippen MR) is 123 cm³/mol. The third-order valence-electron chi connectivity index (χ3n) is 5.46. The summed E-state index contributed by atoms with van der Waals surface area (Å²) in [6, 6.07) is 15.5. The molecule has 4 rings (SSSR count). The van der Waals surface area contributed by atoms with Crippen LogP contribution in [0.15, 0.2) is 60.8 Å². The van der Waals surface area contributed by atoms with Crippen LogP contribution in [0.5, 0.6) is 11.5 Å². The van der Waals surface area contributed by atoms with Crippen LogP contribution in [-0.4, -0.2) is 42.1 Å². The van der Waals surface area contributed by atoms with E-state index in [0.717, 1.165) is 35.5 Å². The lowest BCUT2D eigenvalue weighted by atomic mass is 10.1. The Bertz CT molecular complexity index is 1220. The predicted octanol–water partition coefficient (Wildman–Crippen LogP) is 4.55. The second kappa shape index (κ2) is 10.4. The van der Waals surface area contributed by atoms with Gasteiger partial charge in [-0.1, -0.05) is 6.07 Å². The molecule has 0 unspecified atom stereocenters. The zero-order valence-corrected chi connectivity index (χ0v) is 18.6. The molecule has 3 aromatic rings. The number of pyridine rings is 1. The number of alkyl halides is 3. The quantitative estimate of drug-likeness (QED) is 0.461. The number of hydrogen-bond acceptors (Lipinski definition) is 5. The first kappa shape index (κ1) is 24.0. The van der Waals surface area contributed by atoms with Gasteiger partial charge in [0.25, 0.3) is 0 Å². The summed E-state index contributed by atoms with van der Waals surface area (Å²) in [7, 11) is 0. The van der Waals surface area contributed by atoms with Gasteiger partial charge in [0, 0.05) is 44.5 Å². The van der Waals surface area contributed by atoms with E-state index in [1.807, 2.05) is 12.1 Å². The number of ether oxygens (including phenoxy) is 1. The molecule has 35 heavy (non-hydrogen) atoms. The molecule has 1 aliphatic rings. The number of halogens is 3. The molecule has 7 nitrogen and oxygen atoms in total. The number of nitrogens with one attached hydrogen (secondary N) is 2. The molecule has 0 spiro atoms. The highest BCUT2D eigenvalue weighted by Gasteiger charge is 2.33. The third kappa shape index (κ3) is 6.07. The number of rotatable bonds is 8. The Morgan fingerprint density at radius 1 is 1.11 bits per heavy atom. The summed E-state index contributed by atoms with van der Waals surface area (Å²) >= 11 is 0. The maximum atomic E-state index is 13.0. The van der Waals surface area contributed by atoms with Gasteiger partial charge in [-0.25, -0.2) is 4.79 Å². The summed E-state index contributed by atoms with van der Waals surface area (Å²) in [5.74, 6) is 0.563. The molecule has 10 heteroatoms. The third-order valence-corrected chi connectivity index (χ3v) is 5.46. The first-order valence-electron chi connectivity index (χ1n) is 10.9. The van der Waals surface area contributed by atoms with Gasteiger partial charge in [-0.15, -0.1) is 0 Å². The fourth-order valence-corrected chi connectivity index (χ4v) is 3.63. The molecule has 1 saturated heterocycles. The fraction of sp³-hybridized carbons (Fsp3) is 0.240. The van der Waals surface area contributed by atoms with Crippen molar-refractivity contribution < 1.29 is 22.7 Å². The molecule has 0 aliphatic carbocycles. The van der Waals surface area contributed by atoms with E-state index in [0.29, 0.717) is 31.9 Å². The molecule has 1 aliphatic heterocycles. The summed E-state index contributed by atoms with van der Waals surface area (Å²) in [6.07, 6.45) is -2.82. The van der Waals surface area contributed by atoms with Crippen LogP contribution in [0.4, 0.5) is 18.0 Å². The lowest BCUT2D eigenvalue weighted by Crippen LogP contribution is -2.34. The van der Waals surface area contributed by atoms with Gasteiger partial charge in [-0.3, -0.25) is 4.98 Å². The highest BCUT2D eigenvalue weighted by Crippen LogP contribution is 2.34. The number of carbonyl (C=O) groups excluding carboxylic acids is 1. The Morgan fingerprint density at radius 3 is 2.51 bits per heavy atom. The maximum absolute atomic E-state index is 13.0. The van der Waals surface area contributed by atoms with Crippen molar-refractivity contribution in [1.29, 1.82) is 5.26 Å². The topological polar surface area (TPSA) is 90.3 Å². The molecule has 180 valence electrons. The zero-order valence-electron chi connectivity index (χ0n) is 18.6. The number of hydrogen-bond donors (Lipinski definition) is 2. The zero-order chi connectivity index (χ0) is 24.8. The number of amides is 2. The van der Waals surface area contributed by atoms with Gasteiger partial charge in [0.2, 0.25) is 0 Å². The number of nitrogens with zero attached hydrogens (tertiary/aromatic N) is 3. The lowest BCUT2D eigenvalue weighted by molar-refractivity contribution is -0.137. The summed E-state index contributed by atoms with van der Waals surface area (Å²) in [5.41, 5.74) is 1.13. The maximum Gasteiger partial charge on any atom is 0.417 e. The highest BCUT2D eigenvalue weighted by atomic mass is 19.4. The van der Waals surface area contributed by atoms with Crippen LogP contribution in [0.2, 0.25) is 0 Å². The molecule has 1 fully saturated rings. The van der Waals surface area contributed by atoms with Gasteiger partial charge in [0.15, 0.2) is 0 Å². The van der Waals surface area contributed by atoms with Crippen LogP contribution in [-0.2, 0) is 12.7 Å². The average Bonchev–Trinajstić information content (AvgIpc) is 3.26. The van der Waals surface area contributed by atoms with Gasteiger partial charge in [-0.05, 0) is 54.1 Å². The molecule has 1 aromatic heterocycles. The molecular weight excluding hydrogens is 459 g/mol. The van der Waals surface area contributed by atoms with Crippen molar-refractivity contribution in [1.82, 2.24) is 20.5 Å². The Labute approximate surface area is 200 Å². The van der Waals surface area contributed by atoms with E-state index in [-0.39, 0.29) is 11.8 Å². The van der Waals surface area contributed by atoms with Gasteiger partial charge < -0.3 is 20.3 Å². The summed E-state index contributed by atoms with van der Waals surface area (Å²) in [4.78, 5) is 17.8. The molecule has 0 saturated carbocycles. The van der Waals surface area contributed by atoms with E-state index in [9.17, 15) is 18.0 Å². The minimum Gasteiger partial charge on any atom is -0.457 e. The standard InChI is InChI=1S/C25H22F3N5O2/c26-25(27,28)22-7-6-21(13-19(22)14-29)35-20-4-2-18(3-5-20)23-8-1-17(16-32-23)15-30-9-11-33-12-10-31-24(33)34/h1-8,13,16,30H,9-12,15H2,(H,31,34). The molecule has 2 amide bonds. The van der Waals surface area contributed by atoms with Crippen molar-refractivity contribution in [3.63, 3.8) is 0 Å². The van der Waals surface area contributed by atoms with Gasteiger partial charge in [0.05, 0.1) is 22.9 Å². The van der Waals surface area contributed by atoms with Crippen LogP contribution >= 0.6 is 0 Å². The highest BCUT2D eigenvalue weighted by molar-refractivity contribution is 5.76. The molecule has 0 atom stereocenters. The first-order chi connectivity index (χ1) is 16.8. The van der Waals surface area contributed by atoms with Gasteiger partial charge in [0.1, 0.15) is 11.5 Å². The Balaban J connectivity index is 1.32. The fourth-order valence-electron chi connectivity index (χ4n) is 3.63. The molecule has 0 radical (unpaired) electrons. The largest absolute Gasteiger partial charge is 0.457 e. The van der Waals surface area contributed by atoms with Crippen molar-refractivity contribution >= 4 is 6.03 Å². The summed E-state index contributed by atoms with van der Waals surface area (Å²) in [5, 5.41) is 15.1. The number of carbonyl (C=O) groups is 1. The second-order valence-corrected chi connectivity index (χ2v) is 7.89. The van der Waals surface area contributed by atoms with Crippen LogP contribution in [0, 0.1) is 11.3 Å². The van der Waals surface area contributed by atoms with E-state index in [1.54, 1.807) is 41.4 Å². The molecule has 2 heterocycles. The molecule has 0 bridgehead atoms. The van der Waals surface area contributed by atoms with Crippen LogP contribution in [0.1, 0.15) is 16.7 Å². The minimum absolute atomic E-state index is 0.0273. The Hall–Kier alpha value is -4.10. The first-order valence-corrected chi connectivity index (χ1v) is 10.9. The van der Waals surface area contributed by atoms with Crippen molar-refractivity contribution in [2.24, 2.45) is 0 Å². The van der Waals surface area contributed by atoms with Crippen LogP contribution in [0.3, 0.4) is 0 Å². The lowest BCUT2D eigenvalue weighted by Gasteiger charge is -2.14. The van der Waals surface area contributed by atoms with Crippen molar-refractivity contribution in [3.05, 3.63) is 77.5 Å². The molecule has 2 N–H and O–H groups in total. The number of nitriles is 1. The average molecular weight is 481 g/mol. The van der Waals surface area contributed by atoms with Gasteiger partial charge >= 0.3 is 12.2 Å². The van der Waals surface area contributed by atoms with Crippen molar-refractivity contribution in [3.8, 4) is 28.8 Å². The molecule has 2 aromatic carbocycles. The van der Waals surface area contributed by atoms with E-state index < -0.39 is 17.3 Å². The number of benzene rings is 2. The smallest absolute Gasteiger partial charge is 0.417 e. The van der Waals surface area contributed by atoms with Crippen LogP contribution < -0.4 is 15.4 Å². The van der Waals surface area contributed by atoms with Gasteiger partial charge in [-0.2, -0.15) is 18.4 Å².